The fourth-order valence-corrected chi connectivity index (χ4v) is 3.18. The van der Waals surface area contributed by atoms with Gasteiger partial charge in [-0.25, -0.2) is 0 Å². The molecular formula is C21H24N2O4. The Kier molecular flexibility index (Phi) is 6.21. The minimum Gasteiger partial charge on any atom is -0.394 e. The highest BCUT2D eigenvalue weighted by atomic mass is 16.5. The Bertz CT molecular complexity index is 777. The zero-order chi connectivity index (χ0) is 19.2. The second-order valence-corrected chi connectivity index (χ2v) is 6.64. The number of likely N-dealkylation sites (N-methyl/N-ethyl adjacent to an activating group) is 1. The third kappa shape index (κ3) is 4.72. The molecule has 2 amide bonds. The van der Waals surface area contributed by atoms with Gasteiger partial charge in [0, 0.05) is 19.2 Å². The number of nitrogens with zero attached hydrogens (tertiary/aromatic N) is 1. The Morgan fingerprint density at radius 1 is 1.19 bits per heavy atom. The van der Waals surface area contributed by atoms with Crippen LogP contribution in [0, 0.1) is 0 Å². The number of carbonyl (C=O) groups is 2. The lowest BCUT2D eigenvalue weighted by Gasteiger charge is -2.38. The summed E-state index contributed by atoms with van der Waals surface area (Å²) in [5.74, 6) is -0.188. The van der Waals surface area contributed by atoms with Gasteiger partial charge in [0.05, 0.1) is 12.6 Å². The van der Waals surface area contributed by atoms with Crippen molar-refractivity contribution in [2.45, 2.75) is 25.0 Å². The Balaban J connectivity index is 1.58. The molecule has 1 fully saturated rings. The van der Waals surface area contributed by atoms with Crippen LogP contribution in [0.15, 0.2) is 54.6 Å². The zero-order valence-corrected chi connectivity index (χ0v) is 15.3. The smallest absolute Gasteiger partial charge is 0.248 e. The first-order valence-corrected chi connectivity index (χ1v) is 9.00. The van der Waals surface area contributed by atoms with E-state index in [2.05, 4.69) is 5.32 Å². The number of morpholine rings is 1. The second kappa shape index (κ2) is 8.79. The molecule has 1 aliphatic rings. The fourth-order valence-electron chi connectivity index (χ4n) is 3.18. The van der Waals surface area contributed by atoms with Crippen molar-refractivity contribution in [1.82, 2.24) is 4.90 Å². The molecule has 142 valence electrons. The van der Waals surface area contributed by atoms with E-state index in [4.69, 9.17) is 4.74 Å². The number of amides is 2. The monoisotopic (exact) mass is 368 g/mol. The van der Waals surface area contributed by atoms with E-state index in [1.54, 1.807) is 7.05 Å². The van der Waals surface area contributed by atoms with Crippen LogP contribution in [0.4, 0.5) is 5.69 Å². The van der Waals surface area contributed by atoms with E-state index < -0.39 is 6.04 Å². The van der Waals surface area contributed by atoms with E-state index in [1.807, 2.05) is 54.6 Å². The molecule has 27 heavy (non-hydrogen) atoms. The molecule has 0 bridgehead atoms. The van der Waals surface area contributed by atoms with Crippen molar-refractivity contribution in [2.75, 3.05) is 25.6 Å². The molecule has 2 aromatic carbocycles. The summed E-state index contributed by atoms with van der Waals surface area (Å²) in [6.07, 6.45) is 0.719. The quantitative estimate of drug-likeness (QED) is 0.819. The zero-order valence-electron chi connectivity index (χ0n) is 15.3. The first-order chi connectivity index (χ1) is 13.1. The largest absolute Gasteiger partial charge is 0.394 e. The van der Waals surface area contributed by atoms with E-state index in [1.165, 1.54) is 4.90 Å². The lowest BCUT2D eigenvalue weighted by molar-refractivity contribution is -0.157. The summed E-state index contributed by atoms with van der Waals surface area (Å²) in [6.45, 7) is -0.180. The van der Waals surface area contributed by atoms with E-state index >= 15 is 0 Å². The summed E-state index contributed by atoms with van der Waals surface area (Å²) in [5, 5.41) is 12.5. The number of benzene rings is 2. The molecular weight excluding hydrogens is 344 g/mol. The maximum Gasteiger partial charge on any atom is 0.248 e. The summed E-state index contributed by atoms with van der Waals surface area (Å²) in [7, 11) is 1.67. The van der Waals surface area contributed by atoms with Gasteiger partial charge in [0.1, 0.15) is 12.7 Å². The number of hydrogen-bond donors (Lipinski definition) is 2. The first-order valence-electron chi connectivity index (χ1n) is 9.00. The lowest BCUT2D eigenvalue weighted by Crippen LogP contribution is -2.50. The summed E-state index contributed by atoms with van der Waals surface area (Å²) < 4.78 is 5.62. The SMILES string of the molecule is CN1C(=O)CO[C@H](c2ccc(NC(=O)CCc3ccccc3)cc2)[C@H]1CO. The molecule has 0 saturated carbocycles. The van der Waals surface area contributed by atoms with Crippen molar-refractivity contribution in [3.05, 3.63) is 65.7 Å². The minimum absolute atomic E-state index is 0.00433. The van der Waals surface area contributed by atoms with Crippen LogP contribution in [0.5, 0.6) is 0 Å². The minimum atomic E-state index is -0.419. The van der Waals surface area contributed by atoms with Gasteiger partial charge in [0.25, 0.3) is 0 Å². The van der Waals surface area contributed by atoms with Gasteiger partial charge >= 0.3 is 0 Å². The van der Waals surface area contributed by atoms with E-state index in [-0.39, 0.29) is 31.1 Å². The topological polar surface area (TPSA) is 78.9 Å². The third-order valence-electron chi connectivity index (χ3n) is 4.82. The fraction of sp³-hybridized carbons (Fsp3) is 0.333. The highest BCUT2D eigenvalue weighted by Gasteiger charge is 2.34. The maximum atomic E-state index is 12.1. The molecule has 0 aromatic heterocycles. The summed E-state index contributed by atoms with van der Waals surface area (Å²) in [4.78, 5) is 25.4. The highest BCUT2D eigenvalue weighted by molar-refractivity contribution is 5.90. The second-order valence-electron chi connectivity index (χ2n) is 6.64. The van der Waals surface area contributed by atoms with Crippen molar-refractivity contribution in [3.63, 3.8) is 0 Å². The van der Waals surface area contributed by atoms with E-state index in [9.17, 15) is 14.7 Å². The summed E-state index contributed by atoms with van der Waals surface area (Å²) in [5.41, 5.74) is 2.69. The number of aliphatic hydroxyl groups excluding tert-OH is 1. The average molecular weight is 368 g/mol. The number of nitrogens with one attached hydrogen (secondary N) is 1. The Morgan fingerprint density at radius 3 is 2.56 bits per heavy atom. The first kappa shape index (κ1) is 19.1. The molecule has 2 N–H and O–H groups in total. The number of hydrogen-bond acceptors (Lipinski definition) is 4. The molecule has 0 unspecified atom stereocenters. The molecule has 1 aliphatic heterocycles. The molecule has 2 atom stereocenters. The van der Waals surface area contributed by atoms with Crippen LogP contribution >= 0.6 is 0 Å². The van der Waals surface area contributed by atoms with Crippen LogP contribution in [-0.4, -0.2) is 48.1 Å². The van der Waals surface area contributed by atoms with Crippen molar-refractivity contribution in [2.24, 2.45) is 0 Å². The number of aliphatic hydroxyl groups is 1. The normalized spacial score (nSPS) is 19.8. The number of aryl methyl sites for hydroxylation is 1. The number of rotatable bonds is 6. The molecule has 1 heterocycles. The van der Waals surface area contributed by atoms with Gasteiger partial charge in [-0.1, -0.05) is 42.5 Å². The van der Waals surface area contributed by atoms with Crippen LogP contribution in [-0.2, 0) is 20.7 Å². The van der Waals surface area contributed by atoms with Gasteiger partial charge in [-0.15, -0.1) is 0 Å². The summed E-state index contributed by atoms with van der Waals surface area (Å²) in [6, 6.07) is 16.8. The summed E-state index contributed by atoms with van der Waals surface area (Å²) >= 11 is 0. The molecule has 0 radical (unpaired) electrons. The molecule has 6 nitrogen and oxygen atoms in total. The van der Waals surface area contributed by atoms with Gasteiger partial charge < -0.3 is 20.1 Å². The van der Waals surface area contributed by atoms with Crippen LogP contribution in [0.3, 0.4) is 0 Å². The lowest BCUT2D eigenvalue weighted by atomic mass is 9.99. The van der Waals surface area contributed by atoms with E-state index in [0.29, 0.717) is 18.5 Å². The van der Waals surface area contributed by atoms with Crippen LogP contribution < -0.4 is 5.32 Å². The predicted octanol–water partition coefficient (Wildman–Crippen LogP) is 2.15. The Labute approximate surface area is 158 Å². The number of anilines is 1. The molecule has 3 rings (SSSR count). The van der Waals surface area contributed by atoms with Gasteiger partial charge in [-0.3, -0.25) is 9.59 Å². The van der Waals surface area contributed by atoms with Crippen LogP contribution in [0.1, 0.15) is 23.7 Å². The van der Waals surface area contributed by atoms with Crippen molar-refractivity contribution < 1.29 is 19.4 Å². The molecule has 2 aromatic rings. The van der Waals surface area contributed by atoms with Gasteiger partial charge in [0.2, 0.25) is 11.8 Å². The van der Waals surface area contributed by atoms with Crippen molar-refractivity contribution >= 4 is 17.5 Å². The molecule has 1 saturated heterocycles. The van der Waals surface area contributed by atoms with Crippen molar-refractivity contribution in [3.8, 4) is 0 Å². The van der Waals surface area contributed by atoms with Gasteiger partial charge in [-0.2, -0.15) is 0 Å². The average Bonchev–Trinajstić information content (AvgIpc) is 2.70. The standard InChI is InChI=1S/C21H24N2O4/c1-23-18(13-24)21(27-14-20(23)26)16-8-10-17(11-9-16)22-19(25)12-7-15-5-3-2-4-6-15/h2-6,8-11,18,21,24H,7,12-14H2,1H3,(H,22,25)/t18-,21-/m1/s1. The Hall–Kier alpha value is -2.70. The highest BCUT2D eigenvalue weighted by Crippen LogP contribution is 2.29. The van der Waals surface area contributed by atoms with E-state index in [0.717, 1.165) is 11.1 Å². The van der Waals surface area contributed by atoms with Crippen LogP contribution in [0.2, 0.25) is 0 Å². The third-order valence-corrected chi connectivity index (χ3v) is 4.82. The van der Waals surface area contributed by atoms with Gasteiger partial charge in [-0.05, 0) is 29.7 Å². The predicted molar refractivity (Wildman–Crippen MR) is 102 cm³/mol. The molecule has 0 aliphatic carbocycles. The Morgan fingerprint density at radius 2 is 1.89 bits per heavy atom. The van der Waals surface area contributed by atoms with Crippen molar-refractivity contribution in [1.29, 1.82) is 0 Å². The van der Waals surface area contributed by atoms with Crippen LogP contribution in [0.25, 0.3) is 0 Å². The maximum absolute atomic E-state index is 12.1. The number of ether oxygens (including phenoxy) is 1. The number of carbonyl (C=O) groups excluding carboxylic acids is 2. The molecule has 6 heteroatoms. The molecule has 0 spiro atoms. The van der Waals surface area contributed by atoms with Gasteiger partial charge in [0.15, 0.2) is 0 Å².